The van der Waals surface area contributed by atoms with Crippen LogP contribution in [0, 0.1) is 0 Å². The Bertz CT molecular complexity index is 327. The predicted octanol–water partition coefficient (Wildman–Crippen LogP) is 3.89. The van der Waals surface area contributed by atoms with Crippen LogP contribution in [0.15, 0.2) is 29.2 Å². The third-order valence-corrected chi connectivity index (χ3v) is 5.42. The topological polar surface area (TPSA) is 17.1 Å². The van der Waals surface area contributed by atoms with Gasteiger partial charge in [0.05, 0.1) is 0 Å². The Morgan fingerprint density at radius 1 is 1.21 bits per heavy atom. The number of halogens is 1. The lowest BCUT2D eigenvalue weighted by molar-refractivity contribution is 0.690. The molecule has 0 saturated carbocycles. The van der Waals surface area contributed by atoms with Gasteiger partial charge in [-0.15, -0.1) is 0 Å². The first-order valence-corrected chi connectivity index (χ1v) is 7.11. The molecule has 0 aliphatic carbocycles. The molecular formula is C10H13ClOS2. The molecule has 0 aliphatic heterocycles. The molecule has 78 valence electrons. The lowest BCUT2D eigenvalue weighted by Gasteiger charge is -2.16. The minimum Gasteiger partial charge on any atom is -0.243 e. The molecular weight excluding hydrogens is 236 g/mol. The van der Waals surface area contributed by atoms with Crippen molar-refractivity contribution in [2.24, 2.45) is 0 Å². The molecule has 1 unspecified atom stereocenters. The Balaban J connectivity index is 2.76. The molecule has 1 nitrogen and oxygen atoms in total. The second-order valence-corrected chi connectivity index (χ2v) is 8.06. The fourth-order valence-electron chi connectivity index (χ4n) is 0.821. The van der Waals surface area contributed by atoms with Crippen molar-refractivity contribution in [3.05, 3.63) is 29.3 Å². The van der Waals surface area contributed by atoms with Crippen molar-refractivity contribution in [1.29, 1.82) is 0 Å². The highest BCUT2D eigenvalue weighted by atomic mass is 35.5. The van der Waals surface area contributed by atoms with Gasteiger partial charge in [0.1, 0.15) is 9.83 Å². The van der Waals surface area contributed by atoms with E-state index in [2.05, 4.69) is 0 Å². The minimum atomic E-state index is -1.00. The molecule has 1 atom stereocenters. The van der Waals surface area contributed by atoms with Crippen LogP contribution in [0.1, 0.15) is 20.8 Å². The van der Waals surface area contributed by atoms with Gasteiger partial charge in [0, 0.05) is 14.7 Å². The first-order chi connectivity index (χ1) is 6.38. The summed E-state index contributed by atoms with van der Waals surface area (Å²) in [5, 5.41) is 0.673. The highest BCUT2D eigenvalue weighted by Crippen LogP contribution is 2.31. The van der Waals surface area contributed by atoms with Gasteiger partial charge in [-0.2, -0.15) is 0 Å². The summed E-state index contributed by atoms with van der Waals surface area (Å²) in [6.07, 6.45) is 0. The van der Waals surface area contributed by atoms with Gasteiger partial charge in [-0.25, -0.2) is 4.21 Å². The highest BCUT2D eigenvalue weighted by molar-refractivity contribution is 8.69. The van der Waals surface area contributed by atoms with Crippen LogP contribution < -0.4 is 0 Å². The number of hydrogen-bond donors (Lipinski definition) is 0. The summed E-state index contributed by atoms with van der Waals surface area (Å²) in [6, 6.07) is 7.13. The van der Waals surface area contributed by atoms with Crippen molar-refractivity contribution in [2.75, 3.05) is 0 Å². The van der Waals surface area contributed by atoms with Crippen LogP contribution in [0.25, 0.3) is 0 Å². The molecule has 0 radical (unpaired) electrons. The molecule has 0 spiro atoms. The molecule has 4 heteroatoms. The van der Waals surface area contributed by atoms with Crippen molar-refractivity contribution >= 4 is 32.2 Å². The Hall–Kier alpha value is 0.01000. The number of hydrogen-bond acceptors (Lipinski definition) is 2. The van der Waals surface area contributed by atoms with Gasteiger partial charge in [0.2, 0.25) is 0 Å². The smallest absolute Gasteiger partial charge is 0.113 e. The van der Waals surface area contributed by atoms with E-state index in [0.29, 0.717) is 5.02 Å². The normalized spacial score (nSPS) is 14.0. The van der Waals surface area contributed by atoms with Gasteiger partial charge in [-0.3, -0.25) is 0 Å². The van der Waals surface area contributed by atoms with E-state index in [1.165, 1.54) is 10.8 Å². The summed E-state index contributed by atoms with van der Waals surface area (Å²) in [5.41, 5.74) is 0. The molecule has 0 aromatic heterocycles. The third kappa shape index (κ3) is 4.03. The zero-order valence-corrected chi connectivity index (χ0v) is 10.8. The van der Waals surface area contributed by atoms with Crippen molar-refractivity contribution in [2.45, 2.75) is 30.4 Å². The Labute approximate surface area is 96.1 Å². The second-order valence-electron chi connectivity index (χ2n) is 3.88. The molecule has 0 aliphatic rings. The van der Waals surface area contributed by atoms with Crippen molar-refractivity contribution in [1.82, 2.24) is 0 Å². The Kier molecular flexibility index (Phi) is 4.04. The number of benzene rings is 1. The summed E-state index contributed by atoms with van der Waals surface area (Å²) in [6.45, 7) is 6.14. The molecule has 1 aromatic carbocycles. The third-order valence-electron chi connectivity index (χ3n) is 1.33. The van der Waals surface area contributed by atoms with Crippen LogP contribution >= 0.6 is 22.4 Å². The van der Waals surface area contributed by atoms with Gasteiger partial charge < -0.3 is 0 Å². The number of rotatable bonds is 2. The maximum Gasteiger partial charge on any atom is 0.113 e. The molecule has 0 N–H and O–H groups in total. The molecule has 0 amide bonds. The van der Waals surface area contributed by atoms with Gasteiger partial charge in [-0.05, 0) is 24.3 Å². The summed E-state index contributed by atoms with van der Waals surface area (Å²) in [4.78, 5) is 0.814. The molecule has 1 rings (SSSR count). The van der Waals surface area contributed by atoms with E-state index in [0.717, 1.165) is 4.90 Å². The Morgan fingerprint density at radius 2 is 1.71 bits per heavy atom. The van der Waals surface area contributed by atoms with Crippen molar-refractivity contribution < 1.29 is 4.21 Å². The lowest BCUT2D eigenvalue weighted by atomic mass is 10.3. The molecule has 0 saturated heterocycles. The molecule has 0 heterocycles. The fourth-order valence-corrected chi connectivity index (χ4v) is 3.84. The molecule has 1 aromatic rings. The first kappa shape index (κ1) is 12.1. The van der Waals surface area contributed by atoms with Gasteiger partial charge in [0.25, 0.3) is 0 Å². The SMILES string of the molecule is CC(C)(C)SS(=O)c1ccc(Cl)cc1. The van der Waals surface area contributed by atoms with E-state index in [-0.39, 0.29) is 4.75 Å². The monoisotopic (exact) mass is 248 g/mol. The van der Waals surface area contributed by atoms with E-state index >= 15 is 0 Å². The van der Waals surface area contributed by atoms with Crippen LogP contribution in [0.2, 0.25) is 5.02 Å². The standard InChI is InChI=1S/C10H13ClOS2/c1-10(2,3)13-14(12)9-6-4-8(11)5-7-9/h4-7H,1-3H3. The predicted molar refractivity (Wildman–Crippen MR) is 65.2 cm³/mol. The first-order valence-electron chi connectivity index (χ1n) is 4.25. The summed E-state index contributed by atoms with van der Waals surface area (Å²) >= 11 is 5.74. The van der Waals surface area contributed by atoms with E-state index in [1.54, 1.807) is 24.3 Å². The molecule has 14 heavy (non-hydrogen) atoms. The van der Waals surface area contributed by atoms with Gasteiger partial charge >= 0.3 is 0 Å². The van der Waals surface area contributed by atoms with Gasteiger partial charge in [0.15, 0.2) is 0 Å². The van der Waals surface area contributed by atoms with E-state index in [4.69, 9.17) is 11.6 Å². The van der Waals surface area contributed by atoms with Crippen molar-refractivity contribution in [3.63, 3.8) is 0 Å². The highest BCUT2D eigenvalue weighted by Gasteiger charge is 2.16. The summed E-state index contributed by atoms with van der Waals surface area (Å²) in [5.74, 6) is 0. The van der Waals surface area contributed by atoms with Crippen LogP contribution in [0.4, 0.5) is 0 Å². The Morgan fingerprint density at radius 3 is 2.14 bits per heavy atom. The van der Waals surface area contributed by atoms with E-state index < -0.39 is 9.83 Å². The van der Waals surface area contributed by atoms with E-state index in [1.807, 2.05) is 20.8 Å². The average molecular weight is 249 g/mol. The summed E-state index contributed by atoms with van der Waals surface area (Å²) < 4.78 is 11.8. The zero-order chi connectivity index (χ0) is 10.8. The lowest BCUT2D eigenvalue weighted by Crippen LogP contribution is -2.08. The fraction of sp³-hybridized carbons (Fsp3) is 0.400. The largest absolute Gasteiger partial charge is 0.243 e. The maximum atomic E-state index is 11.8. The molecule has 0 fully saturated rings. The quantitative estimate of drug-likeness (QED) is 0.739. The summed E-state index contributed by atoms with van der Waals surface area (Å²) in [7, 11) is 0.442. The average Bonchev–Trinajstić information content (AvgIpc) is 2.02. The zero-order valence-electron chi connectivity index (χ0n) is 8.41. The second kappa shape index (κ2) is 4.69. The van der Waals surface area contributed by atoms with Crippen LogP contribution in [-0.4, -0.2) is 8.96 Å². The van der Waals surface area contributed by atoms with Gasteiger partial charge in [-0.1, -0.05) is 43.2 Å². The van der Waals surface area contributed by atoms with Crippen LogP contribution in [-0.2, 0) is 9.83 Å². The van der Waals surface area contributed by atoms with Crippen LogP contribution in [0.5, 0.6) is 0 Å². The van der Waals surface area contributed by atoms with Crippen molar-refractivity contribution in [3.8, 4) is 0 Å². The molecule has 0 bridgehead atoms. The minimum absolute atomic E-state index is 0.00446. The van der Waals surface area contributed by atoms with E-state index in [9.17, 15) is 4.21 Å². The van der Waals surface area contributed by atoms with Crippen LogP contribution in [0.3, 0.4) is 0 Å². The maximum absolute atomic E-state index is 11.8.